The number of pyridine rings is 2. The van der Waals surface area contributed by atoms with Gasteiger partial charge >= 0.3 is 0 Å². The van der Waals surface area contributed by atoms with E-state index in [0.29, 0.717) is 65.1 Å². The highest BCUT2D eigenvalue weighted by molar-refractivity contribution is 6.45. The van der Waals surface area contributed by atoms with Gasteiger partial charge in [0.1, 0.15) is 23.0 Å². The van der Waals surface area contributed by atoms with Crippen molar-refractivity contribution < 1.29 is 48.1 Å². The van der Waals surface area contributed by atoms with Crippen molar-refractivity contribution in [3.8, 4) is 11.6 Å². The Kier molecular flexibility index (Phi) is 18.9. The highest BCUT2D eigenvalue weighted by atomic mass is 16.5. The number of amides is 6. The van der Waals surface area contributed by atoms with Crippen LogP contribution < -0.4 is 31.2 Å². The first-order valence-corrected chi connectivity index (χ1v) is 27.2. The number of benzene rings is 3. The number of Topliss-reactive ketones (excluding diaryl/α,β-unsaturated/α-hetero) is 1. The lowest BCUT2D eigenvalue weighted by atomic mass is 9.72. The molecule has 1 saturated carbocycles. The SMILES string of the molecule is CC(C)(C)NC(=O)[C@@H]1C[C@@H]2CCCC[C@@H]2CN1C[C@@H](O)[C@H](Cc1ccccc1)NC(=O)[C@H](CC(N)=O)NC(=O)c1ccc2ccccc2n1.COc1ncc(OC)c2c(C(=O)C(=O)N3CCN(C(=O)c4ccccc4)CC3)c[nH]c12. The summed E-state index contributed by atoms with van der Waals surface area (Å²) in [6.07, 6.45) is 6.94. The normalized spacial score (nSPS) is 18.6. The van der Waals surface area contributed by atoms with Crippen LogP contribution in [0.4, 0.5) is 0 Å². The summed E-state index contributed by atoms with van der Waals surface area (Å²) in [6.45, 7) is 8.02. The number of piperazine rings is 1. The van der Waals surface area contributed by atoms with Crippen LogP contribution in [0.1, 0.15) is 96.1 Å². The van der Waals surface area contributed by atoms with Gasteiger partial charge in [0.25, 0.3) is 23.5 Å². The molecule has 80 heavy (non-hydrogen) atoms. The smallest absolute Gasteiger partial charge is 0.295 e. The van der Waals surface area contributed by atoms with Crippen molar-refractivity contribution in [2.24, 2.45) is 17.6 Å². The van der Waals surface area contributed by atoms with Crippen LogP contribution >= 0.6 is 0 Å². The summed E-state index contributed by atoms with van der Waals surface area (Å²) in [4.78, 5) is 108. The molecule has 20 nitrogen and oxygen atoms in total. The van der Waals surface area contributed by atoms with Crippen LogP contribution in [0.3, 0.4) is 0 Å². The number of para-hydroxylation sites is 1. The largest absolute Gasteiger partial charge is 0.494 e. The second-order valence-corrected chi connectivity index (χ2v) is 21.8. The molecule has 2 saturated heterocycles. The van der Waals surface area contributed by atoms with Crippen molar-refractivity contribution in [1.29, 1.82) is 0 Å². The van der Waals surface area contributed by atoms with E-state index < -0.39 is 65.6 Å². The van der Waals surface area contributed by atoms with E-state index in [2.05, 4.69) is 35.8 Å². The highest BCUT2D eigenvalue weighted by Gasteiger charge is 2.42. The summed E-state index contributed by atoms with van der Waals surface area (Å²) in [6, 6.07) is 26.6. The summed E-state index contributed by atoms with van der Waals surface area (Å²) in [7, 11) is 2.94. The number of methoxy groups -OCH3 is 2. The third-order valence-corrected chi connectivity index (χ3v) is 15.0. The summed E-state index contributed by atoms with van der Waals surface area (Å²) >= 11 is 0. The van der Waals surface area contributed by atoms with Crippen LogP contribution in [-0.2, 0) is 25.6 Å². The molecule has 422 valence electrons. The predicted octanol–water partition coefficient (Wildman–Crippen LogP) is 4.84. The van der Waals surface area contributed by atoms with E-state index in [0.717, 1.165) is 36.6 Å². The number of likely N-dealkylation sites (tertiary alicyclic amines) is 1. The molecule has 0 bridgehead atoms. The number of nitrogens with zero attached hydrogens (tertiary/aromatic N) is 5. The molecule has 6 aromatic rings. The quantitative estimate of drug-likeness (QED) is 0.0528. The molecule has 0 spiro atoms. The lowest BCUT2D eigenvalue weighted by Gasteiger charge is -2.47. The highest BCUT2D eigenvalue weighted by Crippen LogP contribution is 2.39. The topological polar surface area (TPSA) is 272 Å². The molecule has 5 heterocycles. The number of ether oxygens (including phenoxy) is 2. The van der Waals surface area contributed by atoms with E-state index in [1.165, 1.54) is 37.9 Å². The number of hydrogen-bond acceptors (Lipinski definition) is 13. The van der Waals surface area contributed by atoms with Crippen LogP contribution in [0.15, 0.2) is 109 Å². The molecular weight excluding hydrogens is 1020 g/mol. The monoisotopic (exact) mass is 1090 g/mol. The Labute approximate surface area is 465 Å². The first-order chi connectivity index (χ1) is 38.4. The zero-order chi connectivity index (χ0) is 57.1. The number of aromatic nitrogens is 3. The van der Waals surface area contributed by atoms with Gasteiger partial charge in [-0.05, 0) is 81.7 Å². The Morgan fingerprint density at radius 3 is 2.15 bits per heavy atom. The molecule has 7 N–H and O–H groups in total. The van der Waals surface area contributed by atoms with Gasteiger partial charge in [-0.1, -0.05) is 92.1 Å². The Hall–Kier alpha value is -8.23. The summed E-state index contributed by atoms with van der Waals surface area (Å²) in [5.41, 5.74) is 7.98. The molecule has 9 rings (SSSR count). The van der Waals surface area contributed by atoms with E-state index in [1.54, 1.807) is 35.2 Å². The molecule has 3 fully saturated rings. The number of nitrogens with one attached hydrogen (secondary N) is 4. The van der Waals surface area contributed by atoms with Gasteiger partial charge < -0.3 is 51.0 Å². The van der Waals surface area contributed by atoms with Crippen molar-refractivity contribution in [3.63, 3.8) is 0 Å². The van der Waals surface area contributed by atoms with E-state index in [1.807, 2.05) is 87.5 Å². The number of H-pyrrole nitrogens is 1. The van der Waals surface area contributed by atoms with Gasteiger partial charge in [0.2, 0.25) is 23.6 Å². The van der Waals surface area contributed by atoms with Gasteiger partial charge in [-0.3, -0.25) is 38.5 Å². The lowest BCUT2D eigenvalue weighted by molar-refractivity contribution is -0.133. The number of fused-ring (bicyclic) bond motifs is 3. The van der Waals surface area contributed by atoms with Crippen molar-refractivity contribution >= 4 is 63.0 Å². The molecule has 1 aliphatic carbocycles. The zero-order valence-corrected chi connectivity index (χ0v) is 46.0. The van der Waals surface area contributed by atoms with Crippen LogP contribution in [0.25, 0.3) is 21.8 Å². The van der Waals surface area contributed by atoms with Gasteiger partial charge in [0, 0.05) is 62.0 Å². The molecule has 3 aromatic heterocycles. The molecule has 2 aliphatic heterocycles. The van der Waals surface area contributed by atoms with E-state index in [-0.39, 0.29) is 49.1 Å². The van der Waals surface area contributed by atoms with Crippen LogP contribution in [0.5, 0.6) is 11.6 Å². The first kappa shape index (κ1) is 57.9. The van der Waals surface area contributed by atoms with Crippen molar-refractivity contribution in [1.82, 2.24) is 45.6 Å². The fourth-order valence-electron chi connectivity index (χ4n) is 11.0. The van der Waals surface area contributed by atoms with E-state index in [9.17, 15) is 38.7 Å². The number of aromatic amines is 1. The molecule has 0 unspecified atom stereocenters. The van der Waals surface area contributed by atoms with Gasteiger partial charge in [-0.2, -0.15) is 0 Å². The number of nitrogens with two attached hydrogens (primary N) is 1. The molecule has 3 aromatic carbocycles. The van der Waals surface area contributed by atoms with Crippen LogP contribution in [-0.4, -0.2) is 159 Å². The third kappa shape index (κ3) is 14.3. The maximum absolute atomic E-state index is 13.8. The number of carbonyl (C=O) groups is 7. The molecule has 6 atom stereocenters. The molecule has 20 heteroatoms. The maximum atomic E-state index is 13.8. The second kappa shape index (κ2) is 26.2. The van der Waals surface area contributed by atoms with Crippen LogP contribution in [0.2, 0.25) is 0 Å². The Morgan fingerprint density at radius 1 is 0.812 bits per heavy atom. The van der Waals surface area contributed by atoms with Gasteiger partial charge in [-0.15, -0.1) is 0 Å². The van der Waals surface area contributed by atoms with Gasteiger partial charge in [0.15, 0.2) is 0 Å². The third-order valence-electron chi connectivity index (χ3n) is 15.0. The Bertz CT molecular complexity index is 3180. The number of hydrogen-bond donors (Lipinski definition) is 6. The minimum Gasteiger partial charge on any atom is -0.494 e. The summed E-state index contributed by atoms with van der Waals surface area (Å²) < 4.78 is 10.5. The molecular formula is C60H72N10O10. The van der Waals surface area contributed by atoms with Crippen LogP contribution in [0, 0.1) is 11.8 Å². The van der Waals surface area contributed by atoms with Gasteiger partial charge in [-0.25, -0.2) is 9.97 Å². The molecule has 6 amide bonds. The van der Waals surface area contributed by atoms with Crippen molar-refractivity contribution in [2.75, 3.05) is 53.5 Å². The lowest BCUT2D eigenvalue weighted by Crippen LogP contribution is -2.61. The fraction of sp³-hybridized carbons (Fsp3) is 0.417. The van der Waals surface area contributed by atoms with Gasteiger partial charge in [0.05, 0.1) is 61.5 Å². The number of piperidine rings is 1. The number of aliphatic hydroxyl groups is 1. The predicted molar refractivity (Wildman–Crippen MR) is 301 cm³/mol. The molecule has 0 radical (unpaired) electrons. The minimum atomic E-state index is -1.30. The average Bonchev–Trinajstić information content (AvgIpc) is 4.00. The Balaban J connectivity index is 0.000000232. The number of primary amides is 1. The Morgan fingerprint density at radius 2 is 1.48 bits per heavy atom. The van der Waals surface area contributed by atoms with E-state index >= 15 is 0 Å². The van der Waals surface area contributed by atoms with E-state index in [4.69, 9.17) is 15.2 Å². The number of carbonyl (C=O) groups excluding carboxylic acids is 7. The number of ketones is 1. The first-order valence-electron chi connectivity index (χ1n) is 27.2. The minimum absolute atomic E-state index is 0.0566. The zero-order valence-electron chi connectivity index (χ0n) is 46.0. The molecule has 3 aliphatic rings. The number of rotatable bonds is 17. The van der Waals surface area contributed by atoms with Crippen molar-refractivity contribution in [2.45, 2.75) is 95.5 Å². The fourth-order valence-corrected chi connectivity index (χ4v) is 11.0. The average molecular weight is 1090 g/mol. The standard InChI is InChI=1S/C38H50N6O5.C22H22N4O5/c1-38(2,3)43-37(49)32-20-26-14-7-8-15-27(26)22-44(32)23-33(45)30(19-24-11-5-4-6-12-24)41-36(48)31(21-34(39)46)42-35(47)29-18-17-25-13-9-10-16-28(25)40-29;1-30-16-13-24-20(31-2)18-17(16)15(12-23-18)19(27)22(29)26-10-8-25(9-11-26)21(28)14-6-4-3-5-7-14/h4-6,9-13,16-18,26-27,30-33,45H,7-8,14-15,19-23H2,1-3H3,(H2,39,46)(H,41,48)(H,42,47)(H,43,49);3-7,12-13,23H,8-11H2,1-2H3/t26-,27+,30-,31-,32-,33+;/m0./s1. The number of β-amino-alcohol motifs (C(OH)–C–C–N with tert-alkyl or cyclic N) is 1. The number of aliphatic hydroxyl groups excluding tert-OH is 1. The summed E-state index contributed by atoms with van der Waals surface area (Å²) in [5, 5.41) is 21.9. The van der Waals surface area contributed by atoms with Crippen molar-refractivity contribution in [3.05, 3.63) is 132 Å². The maximum Gasteiger partial charge on any atom is 0.295 e. The summed E-state index contributed by atoms with van der Waals surface area (Å²) in [5.74, 6) is -1.88. The second-order valence-electron chi connectivity index (χ2n) is 21.8.